The Morgan fingerprint density at radius 3 is 2.17 bits per heavy atom. The van der Waals surface area contributed by atoms with Crippen molar-refractivity contribution < 1.29 is 0 Å². The van der Waals surface area contributed by atoms with Crippen LogP contribution in [0.4, 0.5) is 5.69 Å². The predicted octanol–water partition coefficient (Wildman–Crippen LogP) is 5.39. The van der Waals surface area contributed by atoms with E-state index in [1.165, 1.54) is 20.9 Å². The monoisotopic (exact) mass is 253 g/mol. The summed E-state index contributed by atoms with van der Waals surface area (Å²) in [5.74, 6) is 0. The maximum Gasteiger partial charge on any atom is 0.187 e. The molecule has 0 spiro atoms. The van der Waals surface area contributed by atoms with Gasteiger partial charge in [-0.25, -0.2) is 4.85 Å². The summed E-state index contributed by atoms with van der Waals surface area (Å²) in [5, 5.41) is 0. The third kappa shape index (κ3) is 2.52. The minimum atomic E-state index is 0.686. The van der Waals surface area contributed by atoms with E-state index in [2.05, 4.69) is 37.8 Å². The Kier molecular flexibility index (Phi) is 3.64. The molecule has 1 aromatic carbocycles. The molecule has 0 unspecified atom stereocenters. The molecule has 0 saturated heterocycles. The summed E-state index contributed by atoms with van der Waals surface area (Å²) in [7, 11) is 0. The zero-order chi connectivity index (χ0) is 13.1. The molecule has 0 atom stereocenters. The molecular weight excluding hydrogens is 238 g/mol. The molecule has 1 nitrogen and oxygen atoms in total. The summed E-state index contributed by atoms with van der Waals surface area (Å²) in [6.45, 7) is 13.4. The van der Waals surface area contributed by atoms with Crippen LogP contribution in [0, 0.1) is 27.3 Å². The lowest BCUT2D eigenvalue weighted by molar-refractivity contribution is 1.35. The number of thiophene rings is 1. The standard InChI is InChI=1S/C16H15NS/c1-11-12(2)16(18-13(11)3)10-7-14-5-8-15(17-4)9-6-14/h5-10H,1-3H3. The van der Waals surface area contributed by atoms with Gasteiger partial charge in [0.15, 0.2) is 5.69 Å². The van der Waals surface area contributed by atoms with E-state index in [9.17, 15) is 0 Å². The molecule has 1 heterocycles. The second-order valence-corrected chi connectivity index (χ2v) is 5.57. The summed E-state index contributed by atoms with van der Waals surface area (Å²) in [5.41, 5.74) is 4.58. The molecule has 0 saturated carbocycles. The van der Waals surface area contributed by atoms with E-state index >= 15 is 0 Å². The normalized spacial score (nSPS) is 10.8. The van der Waals surface area contributed by atoms with Gasteiger partial charge in [-0.3, -0.25) is 0 Å². The summed E-state index contributed by atoms with van der Waals surface area (Å²) in [6, 6.07) is 7.66. The van der Waals surface area contributed by atoms with Gasteiger partial charge in [0.2, 0.25) is 0 Å². The fraction of sp³-hybridized carbons (Fsp3) is 0.188. The van der Waals surface area contributed by atoms with Crippen LogP contribution in [0.1, 0.15) is 26.4 Å². The molecule has 2 heteroatoms. The third-order valence-electron chi connectivity index (χ3n) is 3.17. The van der Waals surface area contributed by atoms with Gasteiger partial charge in [-0.15, -0.1) is 11.3 Å². The minimum Gasteiger partial charge on any atom is -0.238 e. The summed E-state index contributed by atoms with van der Waals surface area (Å²) < 4.78 is 0. The van der Waals surface area contributed by atoms with Crippen LogP contribution in [0.2, 0.25) is 0 Å². The quantitative estimate of drug-likeness (QED) is 0.632. The van der Waals surface area contributed by atoms with Crippen molar-refractivity contribution in [3.05, 3.63) is 62.1 Å². The van der Waals surface area contributed by atoms with Crippen molar-refractivity contribution in [3.63, 3.8) is 0 Å². The highest BCUT2D eigenvalue weighted by atomic mass is 32.1. The van der Waals surface area contributed by atoms with Gasteiger partial charge >= 0.3 is 0 Å². The number of rotatable bonds is 2. The summed E-state index contributed by atoms with van der Waals surface area (Å²) >= 11 is 1.83. The van der Waals surface area contributed by atoms with E-state index < -0.39 is 0 Å². The number of hydrogen-bond acceptors (Lipinski definition) is 1. The van der Waals surface area contributed by atoms with E-state index in [4.69, 9.17) is 6.57 Å². The van der Waals surface area contributed by atoms with Crippen molar-refractivity contribution in [2.24, 2.45) is 0 Å². The molecule has 0 amide bonds. The van der Waals surface area contributed by atoms with E-state index in [0.717, 1.165) is 5.56 Å². The van der Waals surface area contributed by atoms with Crippen molar-refractivity contribution in [2.75, 3.05) is 0 Å². The van der Waals surface area contributed by atoms with Crippen LogP contribution < -0.4 is 0 Å². The fourth-order valence-electron chi connectivity index (χ4n) is 1.76. The van der Waals surface area contributed by atoms with E-state index in [-0.39, 0.29) is 0 Å². The molecule has 0 aliphatic rings. The highest BCUT2D eigenvalue weighted by Crippen LogP contribution is 2.28. The fourth-order valence-corrected chi connectivity index (χ4v) is 2.84. The first-order valence-electron chi connectivity index (χ1n) is 5.84. The SMILES string of the molecule is [C-]#[N+]c1ccc(C=Cc2sc(C)c(C)c2C)cc1. The van der Waals surface area contributed by atoms with Gasteiger partial charge in [0, 0.05) is 9.75 Å². The average molecular weight is 253 g/mol. The smallest absolute Gasteiger partial charge is 0.187 e. The van der Waals surface area contributed by atoms with Crippen molar-refractivity contribution >= 4 is 29.2 Å². The van der Waals surface area contributed by atoms with Gasteiger partial charge in [0.1, 0.15) is 0 Å². The molecule has 0 bridgehead atoms. The second kappa shape index (κ2) is 5.20. The Morgan fingerprint density at radius 1 is 1.00 bits per heavy atom. The Balaban J connectivity index is 2.24. The zero-order valence-electron chi connectivity index (χ0n) is 10.8. The Labute approximate surface area is 112 Å². The molecule has 90 valence electrons. The molecule has 2 rings (SSSR count). The van der Waals surface area contributed by atoms with Crippen molar-refractivity contribution in [1.82, 2.24) is 0 Å². The van der Waals surface area contributed by atoms with Crippen molar-refractivity contribution in [3.8, 4) is 0 Å². The van der Waals surface area contributed by atoms with Crippen LogP contribution in [0.5, 0.6) is 0 Å². The van der Waals surface area contributed by atoms with Crippen LogP contribution in [0.25, 0.3) is 17.0 Å². The molecule has 0 aliphatic heterocycles. The second-order valence-electron chi connectivity index (χ2n) is 4.31. The lowest BCUT2D eigenvalue weighted by Crippen LogP contribution is -1.75. The van der Waals surface area contributed by atoms with Gasteiger partial charge in [0.25, 0.3) is 0 Å². The molecule has 18 heavy (non-hydrogen) atoms. The minimum absolute atomic E-state index is 0.686. The first-order valence-corrected chi connectivity index (χ1v) is 6.65. The van der Waals surface area contributed by atoms with Crippen molar-refractivity contribution in [2.45, 2.75) is 20.8 Å². The maximum atomic E-state index is 6.91. The van der Waals surface area contributed by atoms with Crippen molar-refractivity contribution in [1.29, 1.82) is 0 Å². The predicted molar refractivity (Wildman–Crippen MR) is 80.2 cm³/mol. The number of benzene rings is 1. The lowest BCUT2D eigenvalue weighted by atomic mass is 10.1. The molecule has 0 aliphatic carbocycles. The molecule has 1 aromatic heterocycles. The molecule has 2 aromatic rings. The molecule has 0 N–H and O–H groups in total. The van der Waals surface area contributed by atoms with Crippen LogP contribution in [-0.2, 0) is 0 Å². The molecular formula is C16H15NS. The highest BCUT2D eigenvalue weighted by Gasteiger charge is 2.05. The van der Waals surface area contributed by atoms with E-state index in [1.54, 1.807) is 0 Å². The van der Waals surface area contributed by atoms with Gasteiger partial charge < -0.3 is 0 Å². The number of nitrogens with zero attached hydrogens (tertiary/aromatic N) is 1. The van der Waals surface area contributed by atoms with Gasteiger partial charge in [-0.1, -0.05) is 30.3 Å². The third-order valence-corrected chi connectivity index (χ3v) is 4.45. The molecule has 0 radical (unpaired) electrons. The van der Waals surface area contributed by atoms with E-state index in [0.29, 0.717) is 5.69 Å². The van der Waals surface area contributed by atoms with Crippen LogP contribution in [0.3, 0.4) is 0 Å². The Morgan fingerprint density at radius 2 is 1.67 bits per heavy atom. The maximum absolute atomic E-state index is 6.91. The topological polar surface area (TPSA) is 4.36 Å². The largest absolute Gasteiger partial charge is 0.238 e. The first-order chi connectivity index (χ1) is 8.61. The lowest BCUT2D eigenvalue weighted by Gasteiger charge is -1.95. The Hall–Kier alpha value is -1.85. The first kappa shape index (κ1) is 12.6. The molecule has 0 fully saturated rings. The number of hydrogen-bond donors (Lipinski definition) is 0. The van der Waals surface area contributed by atoms with Gasteiger partial charge in [-0.2, -0.15) is 0 Å². The van der Waals surface area contributed by atoms with E-state index in [1.807, 2.05) is 35.6 Å². The van der Waals surface area contributed by atoms with Crippen LogP contribution in [-0.4, -0.2) is 0 Å². The number of aryl methyl sites for hydroxylation is 1. The Bertz CT molecular complexity index is 624. The summed E-state index contributed by atoms with van der Waals surface area (Å²) in [4.78, 5) is 6.09. The zero-order valence-corrected chi connectivity index (χ0v) is 11.6. The average Bonchev–Trinajstić information content (AvgIpc) is 2.64. The summed E-state index contributed by atoms with van der Waals surface area (Å²) in [6.07, 6.45) is 4.26. The van der Waals surface area contributed by atoms with Gasteiger partial charge in [-0.05, 0) is 43.5 Å². The van der Waals surface area contributed by atoms with Crippen LogP contribution >= 0.6 is 11.3 Å². The van der Waals surface area contributed by atoms with Gasteiger partial charge in [0.05, 0.1) is 6.57 Å². The highest BCUT2D eigenvalue weighted by molar-refractivity contribution is 7.13. The van der Waals surface area contributed by atoms with Crippen LogP contribution in [0.15, 0.2) is 24.3 Å².